The molecule has 0 atom stereocenters. The minimum atomic E-state index is -0.0332. The molecule has 0 bridgehead atoms. The van der Waals surface area contributed by atoms with Crippen LogP contribution in [0.4, 0.5) is 5.69 Å². The van der Waals surface area contributed by atoms with Gasteiger partial charge in [0.1, 0.15) is 0 Å². The predicted octanol–water partition coefficient (Wildman–Crippen LogP) is 2.42. The Morgan fingerprint density at radius 1 is 1.10 bits per heavy atom. The first-order chi connectivity index (χ1) is 9.55. The molecule has 1 aromatic carbocycles. The number of benzene rings is 1. The maximum Gasteiger partial charge on any atom is 0.221 e. The molecule has 0 saturated heterocycles. The number of hydrogen-bond acceptors (Lipinski definition) is 3. The summed E-state index contributed by atoms with van der Waals surface area (Å²) in [7, 11) is 2.14. The molecule has 0 aromatic heterocycles. The third-order valence-electron chi connectivity index (χ3n) is 3.42. The van der Waals surface area contributed by atoms with Crippen molar-refractivity contribution in [3.8, 4) is 0 Å². The van der Waals surface area contributed by atoms with Crippen molar-refractivity contribution >= 4 is 11.6 Å². The number of amides is 1. The lowest BCUT2D eigenvalue weighted by Crippen LogP contribution is -2.32. The summed E-state index contributed by atoms with van der Waals surface area (Å²) in [6.45, 7) is 11.2. The second kappa shape index (κ2) is 8.72. The zero-order chi connectivity index (χ0) is 15.0. The van der Waals surface area contributed by atoms with Crippen LogP contribution in [0, 0.1) is 0 Å². The molecule has 0 spiro atoms. The molecule has 4 heteroatoms. The van der Waals surface area contributed by atoms with Gasteiger partial charge in [0.15, 0.2) is 0 Å². The van der Waals surface area contributed by atoms with E-state index in [1.807, 2.05) is 12.1 Å². The van der Waals surface area contributed by atoms with Gasteiger partial charge in [0.25, 0.3) is 0 Å². The minimum Gasteiger partial charge on any atom is -0.326 e. The summed E-state index contributed by atoms with van der Waals surface area (Å²) < 4.78 is 0. The number of hydrogen-bond donors (Lipinski definition) is 1. The van der Waals surface area contributed by atoms with Crippen LogP contribution >= 0.6 is 0 Å². The lowest BCUT2D eigenvalue weighted by atomic mass is 10.2. The Morgan fingerprint density at radius 3 is 2.20 bits per heavy atom. The summed E-state index contributed by atoms with van der Waals surface area (Å²) >= 11 is 0. The average molecular weight is 277 g/mol. The van der Waals surface area contributed by atoms with Crippen molar-refractivity contribution in [3.05, 3.63) is 29.8 Å². The van der Waals surface area contributed by atoms with Gasteiger partial charge in [0.2, 0.25) is 5.91 Å². The number of likely N-dealkylation sites (N-methyl/N-ethyl adjacent to an activating group) is 2. The number of carbonyl (C=O) groups excluding carboxylic acids is 1. The highest BCUT2D eigenvalue weighted by Crippen LogP contribution is 2.11. The van der Waals surface area contributed by atoms with Gasteiger partial charge >= 0.3 is 0 Å². The van der Waals surface area contributed by atoms with Crippen LogP contribution < -0.4 is 5.32 Å². The predicted molar refractivity (Wildman–Crippen MR) is 84.9 cm³/mol. The molecule has 1 amide bonds. The first-order valence-corrected chi connectivity index (χ1v) is 7.32. The monoisotopic (exact) mass is 277 g/mol. The Balaban J connectivity index is 2.41. The first-order valence-electron chi connectivity index (χ1n) is 7.32. The van der Waals surface area contributed by atoms with E-state index in [2.05, 4.69) is 48.1 Å². The smallest absolute Gasteiger partial charge is 0.221 e. The normalized spacial score (nSPS) is 11.1. The van der Waals surface area contributed by atoms with E-state index in [1.165, 1.54) is 12.5 Å². The van der Waals surface area contributed by atoms with E-state index in [4.69, 9.17) is 0 Å². The Bertz CT molecular complexity index is 399. The molecule has 1 rings (SSSR count). The second-order valence-electron chi connectivity index (χ2n) is 5.14. The van der Waals surface area contributed by atoms with Crippen molar-refractivity contribution in [1.29, 1.82) is 0 Å². The van der Waals surface area contributed by atoms with E-state index in [0.29, 0.717) is 0 Å². The van der Waals surface area contributed by atoms with Crippen molar-refractivity contribution in [2.45, 2.75) is 27.3 Å². The van der Waals surface area contributed by atoms with Crippen LogP contribution in [0.25, 0.3) is 0 Å². The summed E-state index contributed by atoms with van der Waals surface area (Å²) in [6, 6.07) is 8.04. The SMILES string of the molecule is CCN(CC)CCN(C)Cc1ccc(NC(C)=O)cc1. The van der Waals surface area contributed by atoms with Crippen molar-refractivity contribution < 1.29 is 4.79 Å². The van der Waals surface area contributed by atoms with Crippen LogP contribution in [0.5, 0.6) is 0 Å². The van der Waals surface area contributed by atoms with Crippen LogP contribution in [0.3, 0.4) is 0 Å². The molecule has 0 radical (unpaired) electrons. The van der Waals surface area contributed by atoms with E-state index < -0.39 is 0 Å². The molecule has 0 saturated carbocycles. The van der Waals surface area contributed by atoms with Crippen LogP contribution in [-0.4, -0.2) is 48.9 Å². The highest BCUT2D eigenvalue weighted by atomic mass is 16.1. The third kappa shape index (κ3) is 6.17. The lowest BCUT2D eigenvalue weighted by Gasteiger charge is -2.23. The Morgan fingerprint density at radius 2 is 1.70 bits per heavy atom. The maximum atomic E-state index is 11.0. The number of nitrogens with one attached hydrogen (secondary N) is 1. The summed E-state index contributed by atoms with van der Waals surface area (Å²) in [6.07, 6.45) is 0. The molecule has 0 fully saturated rings. The number of anilines is 1. The molecular formula is C16H27N3O. The van der Waals surface area contributed by atoms with Crippen LogP contribution in [0.2, 0.25) is 0 Å². The molecule has 0 aliphatic heterocycles. The van der Waals surface area contributed by atoms with E-state index in [1.54, 1.807) is 0 Å². The van der Waals surface area contributed by atoms with Gasteiger partial charge in [-0.05, 0) is 37.8 Å². The summed E-state index contributed by atoms with van der Waals surface area (Å²) in [5.74, 6) is -0.0332. The molecule has 0 aliphatic rings. The Hall–Kier alpha value is -1.39. The van der Waals surface area contributed by atoms with Gasteiger partial charge in [-0.1, -0.05) is 26.0 Å². The molecule has 1 N–H and O–H groups in total. The highest BCUT2D eigenvalue weighted by molar-refractivity contribution is 5.88. The average Bonchev–Trinajstić information content (AvgIpc) is 2.41. The van der Waals surface area contributed by atoms with Gasteiger partial charge in [0, 0.05) is 32.2 Å². The largest absolute Gasteiger partial charge is 0.326 e. The number of nitrogens with zero attached hydrogens (tertiary/aromatic N) is 2. The Labute approximate surface area is 122 Å². The third-order valence-corrected chi connectivity index (χ3v) is 3.42. The molecule has 1 aromatic rings. The molecule has 4 nitrogen and oxygen atoms in total. The minimum absolute atomic E-state index is 0.0332. The van der Waals surface area contributed by atoms with Crippen molar-refractivity contribution in [1.82, 2.24) is 9.80 Å². The van der Waals surface area contributed by atoms with Gasteiger partial charge in [0.05, 0.1) is 0 Å². The summed E-state index contributed by atoms with van der Waals surface area (Å²) in [4.78, 5) is 15.7. The zero-order valence-electron chi connectivity index (χ0n) is 13.1. The van der Waals surface area contributed by atoms with Gasteiger partial charge in [-0.3, -0.25) is 4.79 Å². The molecule has 112 valence electrons. The standard InChI is InChI=1S/C16H27N3O/c1-5-19(6-2)12-11-18(4)13-15-7-9-16(10-8-15)17-14(3)20/h7-10H,5-6,11-13H2,1-4H3,(H,17,20). The van der Waals surface area contributed by atoms with Crippen LogP contribution in [-0.2, 0) is 11.3 Å². The summed E-state index contributed by atoms with van der Waals surface area (Å²) in [5, 5.41) is 2.78. The molecule has 0 unspecified atom stereocenters. The van der Waals surface area contributed by atoms with Crippen molar-refractivity contribution in [3.63, 3.8) is 0 Å². The van der Waals surface area contributed by atoms with Crippen molar-refractivity contribution in [2.24, 2.45) is 0 Å². The Kier molecular flexibility index (Phi) is 7.26. The fourth-order valence-corrected chi connectivity index (χ4v) is 2.14. The van der Waals surface area contributed by atoms with E-state index >= 15 is 0 Å². The van der Waals surface area contributed by atoms with E-state index in [9.17, 15) is 4.79 Å². The number of rotatable bonds is 8. The highest BCUT2D eigenvalue weighted by Gasteiger charge is 2.04. The fourth-order valence-electron chi connectivity index (χ4n) is 2.14. The van der Waals surface area contributed by atoms with Gasteiger partial charge < -0.3 is 15.1 Å². The second-order valence-corrected chi connectivity index (χ2v) is 5.14. The molecule has 0 heterocycles. The maximum absolute atomic E-state index is 11.0. The van der Waals surface area contributed by atoms with Gasteiger partial charge in [-0.15, -0.1) is 0 Å². The summed E-state index contributed by atoms with van der Waals surface area (Å²) in [5.41, 5.74) is 2.12. The molecule has 0 aliphatic carbocycles. The molecule has 20 heavy (non-hydrogen) atoms. The topological polar surface area (TPSA) is 35.6 Å². The van der Waals surface area contributed by atoms with Crippen LogP contribution in [0.15, 0.2) is 24.3 Å². The zero-order valence-corrected chi connectivity index (χ0v) is 13.1. The lowest BCUT2D eigenvalue weighted by molar-refractivity contribution is -0.114. The first kappa shape index (κ1) is 16.7. The van der Waals surface area contributed by atoms with E-state index in [-0.39, 0.29) is 5.91 Å². The van der Waals surface area contributed by atoms with Crippen molar-refractivity contribution in [2.75, 3.05) is 38.5 Å². The fraction of sp³-hybridized carbons (Fsp3) is 0.562. The number of carbonyl (C=O) groups is 1. The van der Waals surface area contributed by atoms with E-state index in [0.717, 1.165) is 38.4 Å². The quantitative estimate of drug-likeness (QED) is 0.792. The van der Waals surface area contributed by atoms with Crippen LogP contribution in [0.1, 0.15) is 26.3 Å². The van der Waals surface area contributed by atoms with Gasteiger partial charge in [-0.25, -0.2) is 0 Å². The molecular weight excluding hydrogens is 250 g/mol. The van der Waals surface area contributed by atoms with Gasteiger partial charge in [-0.2, -0.15) is 0 Å².